The molecule has 0 radical (unpaired) electrons. The second-order valence-corrected chi connectivity index (χ2v) is 5.00. The van der Waals surface area contributed by atoms with Gasteiger partial charge in [-0.1, -0.05) is 36.0 Å². The molecule has 0 saturated carbocycles. The van der Waals surface area contributed by atoms with Gasteiger partial charge in [0.25, 0.3) is 0 Å². The topological polar surface area (TPSA) is 28.5 Å². The first-order valence-electron chi connectivity index (χ1n) is 5.45. The summed E-state index contributed by atoms with van der Waals surface area (Å²) < 4.78 is 0. The number of aromatic nitrogens is 1. The Hall–Kier alpha value is -1.81. The Kier molecular flexibility index (Phi) is 1.82. The fourth-order valence-corrected chi connectivity index (χ4v) is 2.97. The number of thioether (sulfide) groups is 1. The van der Waals surface area contributed by atoms with Crippen LogP contribution in [0.3, 0.4) is 0 Å². The van der Waals surface area contributed by atoms with E-state index >= 15 is 0 Å². The molecule has 1 unspecified atom stereocenters. The van der Waals surface area contributed by atoms with E-state index in [0.717, 1.165) is 16.1 Å². The highest BCUT2D eigenvalue weighted by atomic mass is 32.2. The van der Waals surface area contributed by atoms with Crippen LogP contribution in [-0.2, 0) is 0 Å². The Morgan fingerprint density at radius 3 is 3.18 bits per heavy atom. The number of fused-ring (bicyclic) bond motifs is 4. The average molecular weight is 239 g/mol. The molecule has 1 aromatic carbocycles. The SMILES string of the molecule is C1=CN2C=c3c(ncc4ccccc34)=NC2S1. The van der Waals surface area contributed by atoms with Crippen LogP contribution in [0.1, 0.15) is 0 Å². The van der Waals surface area contributed by atoms with Crippen LogP contribution >= 0.6 is 11.8 Å². The van der Waals surface area contributed by atoms with Crippen molar-refractivity contribution in [2.45, 2.75) is 5.50 Å². The molecule has 1 atom stereocenters. The van der Waals surface area contributed by atoms with E-state index in [-0.39, 0.29) is 5.50 Å². The molecular weight excluding hydrogens is 230 g/mol. The third kappa shape index (κ3) is 1.31. The van der Waals surface area contributed by atoms with E-state index < -0.39 is 0 Å². The fourth-order valence-electron chi connectivity index (χ4n) is 2.18. The van der Waals surface area contributed by atoms with Crippen LogP contribution in [0.15, 0.2) is 47.1 Å². The van der Waals surface area contributed by atoms with Gasteiger partial charge in [0, 0.05) is 29.2 Å². The fraction of sp³-hybridized carbons (Fsp3) is 0.0769. The number of benzene rings is 1. The zero-order valence-corrected chi connectivity index (χ0v) is 9.76. The summed E-state index contributed by atoms with van der Waals surface area (Å²) in [6, 6.07) is 8.29. The number of nitrogens with zero attached hydrogens (tertiary/aromatic N) is 3. The highest BCUT2D eigenvalue weighted by Gasteiger charge is 2.20. The summed E-state index contributed by atoms with van der Waals surface area (Å²) >= 11 is 1.70. The van der Waals surface area contributed by atoms with Crippen molar-refractivity contribution in [3.05, 3.63) is 52.8 Å². The first-order valence-corrected chi connectivity index (χ1v) is 6.39. The van der Waals surface area contributed by atoms with E-state index in [1.165, 1.54) is 5.39 Å². The van der Waals surface area contributed by atoms with E-state index in [1.807, 2.05) is 12.3 Å². The molecular formula is C13H9N3S. The van der Waals surface area contributed by atoms with E-state index in [2.05, 4.69) is 50.9 Å². The lowest BCUT2D eigenvalue weighted by molar-refractivity contribution is 0.515. The van der Waals surface area contributed by atoms with Crippen molar-refractivity contribution >= 4 is 28.7 Å². The molecule has 1 aromatic heterocycles. The van der Waals surface area contributed by atoms with Crippen molar-refractivity contribution < 1.29 is 0 Å². The van der Waals surface area contributed by atoms with Crippen molar-refractivity contribution in [2.75, 3.05) is 0 Å². The van der Waals surface area contributed by atoms with Gasteiger partial charge in [-0.05, 0) is 10.8 Å². The molecule has 0 N–H and O–H groups in total. The minimum Gasteiger partial charge on any atom is -0.322 e. The van der Waals surface area contributed by atoms with Gasteiger partial charge in [-0.3, -0.25) is 0 Å². The summed E-state index contributed by atoms with van der Waals surface area (Å²) in [5.41, 5.74) is 0.984. The highest BCUT2D eigenvalue weighted by Crippen LogP contribution is 2.26. The van der Waals surface area contributed by atoms with E-state index in [1.54, 1.807) is 11.8 Å². The molecule has 2 aliphatic heterocycles. The predicted molar refractivity (Wildman–Crippen MR) is 69.3 cm³/mol. The normalized spacial score (nSPS) is 20.7. The molecule has 4 rings (SSSR count). The van der Waals surface area contributed by atoms with Crippen molar-refractivity contribution in [1.29, 1.82) is 0 Å². The van der Waals surface area contributed by atoms with Crippen LogP contribution < -0.4 is 10.7 Å². The third-order valence-electron chi connectivity index (χ3n) is 3.02. The van der Waals surface area contributed by atoms with Gasteiger partial charge in [0.2, 0.25) is 0 Å². The zero-order chi connectivity index (χ0) is 11.2. The molecule has 3 nitrogen and oxygen atoms in total. The molecule has 0 amide bonds. The Balaban J connectivity index is 2.15. The lowest BCUT2D eigenvalue weighted by Crippen LogP contribution is -2.39. The quantitative estimate of drug-likeness (QED) is 0.696. The molecule has 4 heteroatoms. The summed E-state index contributed by atoms with van der Waals surface area (Å²) in [5, 5.41) is 5.56. The van der Waals surface area contributed by atoms with Crippen molar-refractivity contribution in [3.63, 3.8) is 0 Å². The Morgan fingerprint density at radius 2 is 2.18 bits per heavy atom. The van der Waals surface area contributed by atoms with Gasteiger partial charge in [0.15, 0.2) is 11.0 Å². The van der Waals surface area contributed by atoms with Crippen molar-refractivity contribution in [1.82, 2.24) is 9.88 Å². The van der Waals surface area contributed by atoms with Gasteiger partial charge < -0.3 is 4.90 Å². The summed E-state index contributed by atoms with van der Waals surface area (Å²) in [6.07, 6.45) is 6.09. The average Bonchev–Trinajstić information content (AvgIpc) is 2.83. The predicted octanol–water partition coefficient (Wildman–Crippen LogP) is 1.41. The van der Waals surface area contributed by atoms with Gasteiger partial charge in [-0.25, -0.2) is 9.98 Å². The number of pyridine rings is 1. The maximum absolute atomic E-state index is 4.64. The van der Waals surface area contributed by atoms with Crippen molar-refractivity contribution in [3.8, 4) is 0 Å². The molecule has 0 bridgehead atoms. The number of hydrogen-bond acceptors (Lipinski definition) is 4. The van der Waals surface area contributed by atoms with Crippen LogP contribution in [0.5, 0.6) is 0 Å². The van der Waals surface area contributed by atoms with E-state index in [4.69, 9.17) is 0 Å². The first kappa shape index (κ1) is 9.24. The molecule has 3 heterocycles. The summed E-state index contributed by atoms with van der Waals surface area (Å²) in [7, 11) is 0. The lowest BCUT2D eigenvalue weighted by atomic mass is 10.1. The summed E-state index contributed by atoms with van der Waals surface area (Å²) in [4.78, 5) is 11.2. The summed E-state index contributed by atoms with van der Waals surface area (Å²) in [5.74, 6) is 0. The Morgan fingerprint density at radius 1 is 1.24 bits per heavy atom. The summed E-state index contributed by atoms with van der Waals surface area (Å²) in [6.45, 7) is 0. The largest absolute Gasteiger partial charge is 0.322 e. The lowest BCUT2D eigenvalue weighted by Gasteiger charge is -2.19. The zero-order valence-electron chi connectivity index (χ0n) is 8.95. The number of rotatable bonds is 0. The van der Waals surface area contributed by atoms with Gasteiger partial charge in [-0.2, -0.15) is 0 Å². The Bertz CT molecular complexity index is 751. The van der Waals surface area contributed by atoms with Crippen LogP contribution in [-0.4, -0.2) is 15.4 Å². The molecule has 0 aliphatic carbocycles. The van der Waals surface area contributed by atoms with E-state index in [9.17, 15) is 0 Å². The molecule has 0 spiro atoms. The Labute approximate surface area is 102 Å². The van der Waals surface area contributed by atoms with Crippen LogP contribution in [0.25, 0.3) is 17.0 Å². The maximum Gasteiger partial charge on any atom is 0.178 e. The molecule has 0 saturated heterocycles. The smallest absolute Gasteiger partial charge is 0.178 e. The molecule has 0 fully saturated rings. The molecule has 17 heavy (non-hydrogen) atoms. The van der Waals surface area contributed by atoms with Gasteiger partial charge in [0.1, 0.15) is 0 Å². The molecule has 2 aromatic rings. The van der Waals surface area contributed by atoms with Gasteiger partial charge in [0.05, 0.1) is 0 Å². The second-order valence-electron chi connectivity index (χ2n) is 4.04. The maximum atomic E-state index is 4.64. The van der Waals surface area contributed by atoms with Gasteiger partial charge in [-0.15, -0.1) is 0 Å². The first-order chi connectivity index (χ1) is 8.42. The minimum atomic E-state index is 0.135. The highest BCUT2D eigenvalue weighted by molar-refractivity contribution is 8.02. The third-order valence-corrected chi connectivity index (χ3v) is 3.89. The second kappa shape index (κ2) is 3.34. The van der Waals surface area contributed by atoms with Crippen LogP contribution in [0.4, 0.5) is 0 Å². The van der Waals surface area contributed by atoms with E-state index in [0.29, 0.717) is 0 Å². The van der Waals surface area contributed by atoms with Crippen LogP contribution in [0, 0.1) is 0 Å². The van der Waals surface area contributed by atoms with Gasteiger partial charge >= 0.3 is 0 Å². The number of hydrogen-bond donors (Lipinski definition) is 0. The molecule has 2 aliphatic rings. The monoisotopic (exact) mass is 239 g/mol. The van der Waals surface area contributed by atoms with Crippen LogP contribution in [0.2, 0.25) is 0 Å². The van der Waals surface area contributed by atoms with Crippen molar-refractivity contribution in [2.24, 2.45) is 4.99 Å². The standard InChI is InChI=1S/C13H9N3S/c1-2-4-10-9(3-1)7-14-12-11(10)8-16-5-6-17-13(16)15-12/h1-8,13H. The minimum absolute atomic E-state index is 0.135. The molecule has 82 valence electrons.